The highest BCUT2D eigenvalue weighted by Gasteiger charge is 2.35. The molecule has 3 heteroatoms. The lowest BCUT2D eigenvalue weighted by atomic mass is 9.88. The topological polar surface area (TPSA) is 15.3 Å². The molecular weight excluding hydrogens is 335 g/mol. The highest BCUT2D eigenvalue weighted by Crippen LogP contribution is 2.28. The zero-order valence-electron chi connectivity index (χ0n) is 11.5. The van der Waals surface area contributed by atoms with Gasteiger partial charge in [0.2, 0.25) is 0 Å². The number of piperazine rings is 1. The third-order valence-electron chi connectivity index (χ3n) is 4.27. The van der Waals surface area contributed by atoms with Crippen molar-refractivity contribution in [2.24, 2.45) is 0 Å². The number of hydrogen-bond donors (Lipinski definition) is 1. The van der Waals surface area contributed by atoms with Crippen molar-refractivity contribution in [3.8, 4) is 0 Å². The van der Waals surface area contributed by atoms with Crippen LogP contribution in [0.5, 0.6) is 0 Å². The molecule has 0 radical (unpaired) electrons. The minimum absolute atomic E-state index is 0.286. The Hall–Kier alpha value is -0.290. The third kappa shape index (κ3) is 2.82. The standard InChI is InChI=1S/C15H23IN2/c1-4-15(5-2)11-18(12(3)10-17-15)14-8-6-7-13(16)9-14/h6-9,12,17H,4-5,10-11H2,1-3H3. The van der Waals surface area contributed by atoms with Gasteiger partial charge in [-0.25, -0.2) is 0 Å². The van der Waals surface area contributed by atoms with Gasteiger partial charge in [-0.3, -0.25) is 0 Å². The number of benzene rings is 1. The molecule has 1 heterocycles. The summed E-state index contributed by atoms with van der Waals surface area (Å²) in [5.41, 5.74) is 1.65. The molecule has 0 saturated carbocycles. The number of rotatable bonds is 3. The average Bonchev–Trinajstić information content (AvgIpc) is 2.40. The Labute approximate surface area is 124 Å². The fourth-order valence-corrected chi connectivity index (χ4v) is 3.26. The third-order valence-corrected chi connectivity index (χ3v) is 4.94. The second kappa shape index (κ2) is 5.78. The largest absolute Gasteiger partial charge is 0.366 e. The van der Waals surface area contributed by atoms with Crippen molar-refractivity contribution in [1.29, 1.82) is 0 Å². The Kier molecular flexibility index (Phi) is 4.54. The first-order valence-electron chi connectivity index (χ1n) is 6.87. The number of halogens is 1. The molecule has 2 rings (SSSR count). The van der Waals surface area contributed by atoms with Crippen molar-refractivity contribution in [2.75, 3.05) is 18.0 Å². The van der Waals surface area contributed by atoms with Crippen molar-refractivity contribution in [2.45, 2.75) is 45.2 Å². The molecule has 1 aliphatic rings. The summed E-state index contributed by atoms with van der Waals surface area (Å²) in [5, 5.41) is 3.75. The highest BCUT2D eigenvalue weighted by atomic mass is 127. The predicted molar refractivity (Wildman–Crippen MR) is 87.3 cm³/mol. The second-order valence-electron chi connectivity index (χ2n) is 5.33. The van der Waals surface area contributed by atoms with Crippen LogP contribution in [-0.4, -0.2) is 24.7 Å². The molecule has 0 amide bonds. The molecule has 0 aliphatic carbocycles. The molecule has 0 spiro atoms. The van der Waals surface area contributed by atoms with E-state index in [1.807, 2.05) is 0 Å². The SMILES string of the molecule is CCC1(CC)CN(c2cccc(I)c2)C(C)CN1. The molecule has 1 aromatic rings. The molecule has 100 valence electrons. The Morgan fingerprint density at radius 1 is 1.39 bits per heavy atom. The van der Waals surface area contributed by atoms with Crippen molar-refractivity contribution >= 4 is 28.3 Å². The van der Waals surface area contributed by atoms with Crippen LogP contribution in [0.15, 0.2) is 24.3 Å². The van der Waals surface area contributed by atoms with Crippen LogP contribution < -0.4 is 10.2 Å². The Balaban J connectivity index is 2.25. The van der Waals surface area contributed by atoms with Crippen LogP contribution in [-0.2, 0) is 0 Å². The molecular formula is C15H23IN2. The van der Waals surface area contributed by atoms with Crippen LogP contribution in [0.1, 0.15) is 33.6 Å². The van der Waals surface area contributed by atoms with Gasteiger partial charge in [0.05, 0.1) is 0 Å². The molecule has 18 heavy (non-hydrogen) atoms. The summed E-state index contributed by atoms with van der Waals surface area (Å²) < 4.78 is 1.31. The lowest BCUT2D eigenvalue weighted by Crippen LogP contribution is -2.63. The van der Waals surface area contributed by atoms with Gasteiger partial charge in [0, 0.05) is 33.9 Å². The van der Waals surface area contributed by atoms with E-state index in [4.69, 9.17) is 0 Å². The van der Waals surface area contributed by atoms with Crippen molar-refractivity contribution in [1.82, 2.24) is 5.32 Å². The fourth-order valence-electron chi connectivity index (χ4n) is 2.74. The van der Waals surface area contributed by atoms with Gasteiger partial charge in [-0.15, -0.1) is 0 Å². The first-order valence-corrected chi connectivity index (χ1v) is 7.95. The minimum atomic E-state index is 0.286. The van der Waals surface area contributed by atoms with Gasteiger partial charge >= 0.3 is 0 Å². The predicted octanol–water partition coefficient (Wildman–Crippen LogP) is 3.65. The summed E-state index contributed by atoms with van der Waals surface area (Å²) in [6.07, 6.45) is 2.38. The zero-order chi connectivity index (χ0) is 13.2. The van der Waals surface area contributed by atoms with Crippen LogP contribution in [0.4, 0.5) is 5.69 Å². The summed E-state index contributed by atoms with van der Waals surface area (Å²) in [7, 11) is 0. The molecule has 1 fully saturated rings. The maximum absolute atomic E-state index is 3.75. The van der Waals surface area contributed by atoms with E-state index in [0.29, 0.717) is 6.04 Å². The number of anilines is 1. The van der Waals surface area contributed by atoms with Crippen LogP contribution in [0.3, 0.4) is 0 Å². The molecule has 2 nitrogen and oxygen atoms in total. The van der Waals surface area contributed by atoms with Gasteiger partial charge in [-0.1, -0.05) is 19.9 Å². The van der Waals surface area contributed by atoms with E-state index in [2.05, 4.69) is 77.8 Å². The minimum Gasteiger partial charge on any atom is -0.366 e. The van der Waals surface area contributed by atoms with Crippen molar-refractivity contribution in [3.63, 3.8) is 0 Å². The second-order valence-corrected chi connectivity index (χ2v) is 6.57. The summed E-state index contributed by atoms with van der Waals surface area (Å²) in [5.74, 6) is 0. The molecule has 0 bridgehead atoms. The molecule has 1 atom stereocenters. The van der Waals surface area contributed by atoms with E-state index in [-0.39, 0.29) is 5.54 Å². The Bertz CT molecular complexity index is 401. The van der Waals surface area contributed by atoms with Crippen LogP contribution >= 0.6 is 22.6 Å². The number of nitrogens with one attached hydrogen (secondary N) is 1. The number of hydrogen-bond acceptors (Lipinski definition) is 2. The van der Waals surface area contributed by atoms with Gasteiger partial charge < -0.3 is 10.2 Å². The molecule has 1 saturated heterocycles. The van der Waals surface area contributed by atoms with E-state index in [1.165, 1.54) is 22.1 Å². The smallest absolute Gasteiger partial charge is 0.0387 e. The van der Waals surface area contributed by atoms with E-state index >= 15 is 0 Å². The first-order chi connectivity index (χ1) is 8.60. The van der Waals surface area contributed by atoms with Crippen molar-refractivity contribution < 1.29 is 0 Å². The summed E-state index contributed by atoms with van der Waals surface area (Å²) >= 11 is 2.39. The average molecular weight is 358 g/mol. The van der Waals surface area contributed by atoms with Gasteiger partial charge in [0.25, 0.3) is 0 Å². The molecule has 1 aromatic carbocycles. The molecule has 0 aromatic heterocycles. The van der Waals surface area contributed by atoms with Crippen LogP contribution in [0, 0.1) is 3.57 Å². The summed E-state index contributed by atoms with van der Waals surface area (Å²) in [6, 6.07) is 9.41. The first kappa shape index (κ1) is 14.1. The van der Waals surface area contributed by atoms with Crippen molar-refractivity contribution in [3.05, 3.63) is 27.8 Å². The lowest BCUT2D eigenvalue weighted by molar-refractivity contribution is 0.254. The van der Waals surface area contributed by atoms with Gasteiger partial charge in [-0.05, 0) is 60.6 Å². The maximum Gasteiger partial charge on any atom is 0.0387 e. The van der Waals surface area contributed by atoms with E-state index in [9.17, 15) is 0 Å². The Morgan fingerprint density at radius 2 is 2.11 bits per heavy atom. The van der Waals surface area contributed by atoms with Crippen LogP contribution in [0.25, 0.3) is 0 Å². The lowest BCUT2D eigenvalue weighted by Gasteiger charge is -2.47. The van der Waals surface area contributed by atoms with Crippen LogP contribution in [0.2, 0.25) is 0 Å². The number of nitrogens with zero attached hydrogens (tertiary/aromatic N) is 1. The van der Waals surface area contributed by atoms with E-state index < -0.39 is 0 Å². The summed E-state index contributed by atoms with van der Waals surface area (Å²) in [4.78, 5) is 2.56. The van der Waals surface area contributed by atoms with Gasteiger partial charge in [-0.2, -0.15) is 0 Å². The van der Waals surface area contributed by atoms with E-state index in [1.54, 1.807) is 0 Å². The summed E-state index contributed by atoms with van der Waals surface area (Å²) in [6.45, 7) is 9.08. The molecule has 1 N–H and O–H groups in total. The van der Waals surface area contributed by atoms with Gasteiger partial charge in [0.1, 0.15) is 0 Å². The highest BCUT2D eigenvalue weighted by molar-refractivity contribution is 14.1. The van der Waals surface area contributed by atoms with E-state index in [0.717, 1.165) is 13.1 Å². The van der Waals surface area contributed by atoms with Gasteiger partial charge in [0.15, 0.2) is 0 Å². The molecule has 1 unspecified atom stereocenters. The normalized spacial score (nSPS) is 23.1. The fraction of sp³-hybridized carbons (Fsp3) is 0.600. The Morgan fingerprint density at radius 3 is 2.72 bits per heavy atom. The quantitative estimate of drug-likeness (QED) is 0.830. The molecule has 1 aliphatic heterocycles. The zero-order valence-corrected chi connectivity index (χ0v) is 13.7. The maximum atomic E-state index is 3.75. The monoisotopic (exact) mass is 358 g/mol.